The third kappa shape index (κ3) is 3.05. The average Bonchev–Trinajstić information content (AvgIpc) is 2.55. The van der Waals surface area contributed by atoms with Crippen molar-refractivity contribution >= 4 is 34.2 Å². The molecule has 0 aliphatic heterocycles. The van der Waals surface area contributed by atoms with Crippen LogP contribution in [0.2, 0.25) is 5.02 Å². The van der Waals surface area contributed by atoms with Crippen molar-refractivity contribution in [2.45, 2.75) is 0 Å². The van der Waals surface area contributed by atoms with Crippen LogP contribution in [0.1, 0.15) is 10.6 Å². The summed E-state index contributed by atoms with van der Waals surface area (Å²) >= 11 is 5.93. The van der Waals surface area contributed by atoms with Crippen molar-refractivity contribution in [2.24, 2.45) is 0 Å². The van der Waals surface area contributed by atoms with Gasteiger partial charge in [0.15, 0.2) is 11.2 Å². The van der Waals surface area contributed by atoms with Gasteiger partial charge in [-0.2, -0.15) is 0 Å². The van der Waals surface area contributed by atoms with Crippen LogP contribution in [0.4, 0.5) is 5.69 Å². The van der Waals surface area contributed by atoms with Crippen LogP contribution < -0.4 is 15.5 Å². The molecule has 6 heteroatoms. The Morgan fingerprint density at radius 3 is 2.74 bits per heavy atom. The summed E-state index contributed by atoms with van der Waals surface area (Å²) in [5, 5.41) is 3.50. The molecular weight excluding hydrogens is 318 g/mol. The zero-order valence-electron chi connectivity index (χ0n) is 12.1. The maximum atomic E-state index is 12.3. The van der Waals surface area contributed by atoms with Crippen molar-refractivity contribution in [3.05, 3.63) is 69.5 Å². The smallest absolute Gasteiger partial charge is 0.291 e. The first-order valence-electron chi connectivity index (χ1n) is 6.76. The van der Waals surface area contributed by atoms with Crippen molar-refractivity contribution < 1.29 is 13.9 Å². The van der Waals surface area contributed by atoms with Crippen LogP contribution in [0.25, 0.3) is 11.0 Å². The summed E-state index contributed by atoms with van der Waals surface area (Å²) in [5.41, 5.74) is 0.457. The van der Waals surface area contributed by atoms with Gasteiger partial charge in [0.05, 0.1) is 18.2 Å². The largest absolute Gasteiger partial charge is 0.495 e. The number of fused-ring (bicyclic) bond motifs is 1. The maximum Gasteiger partial charge on any atom is 0.291 e. The molecule has 0 bridgehead atoms. The standard InChI is InChI=1S/C17H12ClNO4/c1-22-15-7-6-10(18)8-12(15)19-17(21)16-9-13(20)11-4-2-3-5-14(11)23-16/h2-9H,1H3,(H,19,21). The molecule has 0 unspecified atom stereocenters. The monoisotopic (exact) mass is 329 g/mol. The number of amides is 1. The van der Waals surface area contributed by atoms with Gasteiger partial charge in [0.2, 0.25) is 0 Å². The SMILES string of the molecule is COc1ccc(Cl)cc1NC(=O)c1cc(=O)c2ccccc2o1. The van der Waals surface area contributed by atoms with Crippen LogP contribution in [0, 0.1) is 0 Å². The second kappa shape index (κ2) is 6.14. The van der Waals surface area contributed by atoms with Gasteiger partial charge in [-0.15, -0.1) is 0 Å². The van der Waals surface area contributed by atoms with E-state index in [2.05, 4.69) is 5.32 Å². The van der Waals surface area contributed by atoms with E-state index in [-0.39, 0.29) is 11.2 Å². The molecule has 116 valence electrons. The second-order valence-corrected chi connectivity index (χ2v) is 5.21. The molecular formula is C17H12ClNO4. The normalized spacial score (nSPS) is 10.5. The molecule has 0 aliphatic carbocycles. The minimum Gasteiger partial charge on any atom is -0.495 e. The van der Waals surface area contributed by atoms with Crippen LogP contribution in [-0.4, -0.2) is 13.0 Å². The maximum absolute atomic E-state index is 12.3. The topological polar surface area (TPSA) is 68.5 Å². The number of halogens is 1. The molecule has 0 saturated heterocycles. The lowest BCUT2D eigenvalue weighted by Crippen LogP contribution is -2.15. The van der Waals surface area contributed by atoms with E-state index >= 15 is 0 Å². The molecule has 23 heavy (non-hydrogen) atoms. The van der Waals surface area contributed by atoms with Gasteiger partial charge in [-0.25, -0.2) is 0 Å². The number of rotatable bonds is 3. The van der Waals surface area contributed by atoms with Crippen molar-refractivity contribution in [3.63, 3.8) is 0 Å². The lowest BCUT2D eigenvalue weighted by atomic mass is 10.2. The van der Waals surface area contributed by atoms with Gasteiger partial charge in [-0.3, -0.25) is 9.59 Å². The quantitative estimate of drug-likeness (QED) is 0.795. The molecule has 1 N–H and O–H groups in total. The summed E-state index contributed by atoms with van der Waals surface area (Å²) < 4.78 is 10.7. The number of hydrogen-bond acceptors (Lipinski definition) is 4. The molecule has 2 aromatic carbocycles. The molecule has 0 atom stereocenters. The predicted octanol–water partition coefficient (Wildman–Crippen LogP) is 3.71. The number of benzene rings is 2. The minimum absolute atomic E-state index is 0.0873. The van der Waals surface area contributed by atoms with E-state index in [0.29, 0.717) is 27.4 Å². The van der Waals surface area contributed by atoms with Gasteiger partial charge in [0.25, 0.3) is 5.91 Å². The molecule has 0 aliphatic rings. The van der Waals surface area contributed by atoms with Gasteiger partial charge in [0, 0.05) is 11.1 Å². The van der Waals surface area contributed by atoms with Crippen molar-refractivity contribution in [2.75, 3.05) is 12.4 Å². The zero-order valence-corrected chi connectivity index (χ0v) is 12.9. The lowest BCUT2D eigenvalue weighted by Gasteiger charge is -2.10. The number of ether oxygens (including phenoxy) is 1. The Labute approximate surface area is 136 Å². The molecule has 0 spiro atoms. The third-order valence-electron chi connectivity index (χ3n) is 3.27. The summed E-state index contributed by atoms with van der Waals surface area (Å²) in [6.45, 7) is 0. The fourth-order valence-electron chi connectivity index (χ4n) is 2.18. The Morgan fingerprint density at radius 2 is 1.96 bits per heavy atom. The van der Waals surface area contributed by atoms with Gasteiger partial charge in [-0.05, 0) is 30.3 Å². The highest BCUT2D eigenvalue weighted by atomic mass is 35.5. The fraction of sp³-hybridized carbons (Fsp3) is 0.0588. The van der Waals surface area contributed by atoms with Gasteiger partial charge < -0.3 is 14.5 Å². The first kappa shape index (κ1) is 15.1. The highest BCUT2D eigenvalue weighted by Gasteiger charge is 2.14. The van der Waals surface area contributed by atoms with Crippen molar-refractivity contribution in [1.82, 2.24) is 0 Å². The number of anilines is 1. The Balaban J connectivity index is 1.98. The summed E-state index contributed by atoms with van der Waals surface area (Å²) in [4.78, 5) is 24.4. The van der Waals surface area contributed by atoms with Gasteiger partial charge in [0.1, 0.15) is 11.3 Å². The molecule has 0 fully saturated rings. The molecule has 3 rings (SSSR count). The van der Waals surface area contributed by atoms with Crippen LogP contribution in [0.3, 0.4) is 0 Å². The van der Waals surface area contributed by atoms with E-state index in [9.17, 15) is 9.59 Å². The first-order chi connectivity index (χ1) is 11.1. The van der Waals surface area contributed by atoms with Crippen LogP contribution in [0.5, 0.6) is 5.75 Å². The van der Waals surface area contributed by atoms with E-state index in [0.717, 1.165) is 6.07 Å². The van der Waals surface area contributed by atoms with Crippen molar-refractivity contribution in [1.29, 1.82) is 0 Å². The Kier molecular flexibility index (Phi) is 4.04. The van der Waals surface area contributed by atoms with Crippen LogP contribution in [-0.2, 0) is 0 Å². The molecule has 1 heterocycles. The van der Waals surface area contributed by atoms with Gasteiger partial charge in [-0.1, -0.05) is 23.7 Å². The van der Waals surface area contributed by atoms with E-state index in [1.807, 2.05) is 0 Å². The predicted molar refractivity (Wildman–Crippen MR) is 88.4 cm³/mol. The summed E-state index contributed by atoms with van der Waals surface area (Å²) in [7, 11) is 1.48. The van der Waals surface area contributed by atoms with Gasteiger partial charge >= 0.3 is 0 Å². The highest BCUT2D eigenvalue weighted by molar-refractivity contribution is 6.31. The number of hydrogen-bond donors (Lipinski definition) is 1. The minimum atomic E-state index is -0.562. The Morgan fingerprint density at radius 1 is 1.17 bits per heavy atom. The molecule has 1 aromatic heterocycles. The van der Waals surface area contributed by atoms with E-state index < -0.39 is 5.91 Å². The summed E-state index contributed by atoms with van der Waals surface area (Å²) in [5.74, 6) is -0.199. The number of para-hydroxylation sites is 1. The number of carbonyl (C=O) groups is 1. The fourth-order valence-corrected chi connectivity index (χ4v) is 2.35. The molecule has 3 aromatic rings. The molecule has 5 nitrogen and oxygen atoms in total. The third-order valence-corrected chi connectivity index (χ3v) is 3.50. The van der Waals surface area contributed by atoms with E-state index in [1.54, 1.807) is 42.5 Å². The lowest BCUT2D eigenvalue weighted by molar-refractivity contribution is 0.0997. The van der Waals surface area contributed by atoms with E-state index in [1.165, 1.54) is 7.11 Å². The Bertz CT molecular complexity index is 949. The van der Waals surface area contributed by atoms with Crippen molar-refractivity contribution in [3.8, 4) is 5.75 Å². The highest BCUT2D eigenvalue weighted by Crippen LogP contribution is 2.28. The zero-order chi connectivity index (χ0) is 16.4. The molecule has 0 radical (unpaired) electrons. The molecule has 1 amide bonds. The summed E-state index contributed by atoms with van der Waals surface area (Å²) in [6.07, 6.45) is 0. The first-order valence-corrected chi connectivity index (χ1v) is 7.14. The number of carbonyl (C=O) groups excluding carboxylic acids is 1. The van der Waals surface area contributed by atoms with Crippen LogP contribution >= 0.6 is 11.6 Å². The molecule has 0 saturated carbocycles. The number of methoxy groups -OCH3 is 1. The second-order valence-electron chi connectivity index (χ2n) is 4.77. The average molecular weight is 330 g/mol. The number of nitrogens with one attached hydrogen (secondary N) is 1. The summed E-state index contributed by atoms with van der Waals surface area (Å²) in [6, 6.07) is 12.7. The van der Waals surface area contributed by atoms with Crippen LogP contribution in [0.15, 0.2) is 57.7 Å². The van der Waals surface area contributed by atoms with E-state index in [4.69, 9.17) is 20.8 Å². The Hall–Kier alpha value is -2.79.